The van der Waals surface area contributed by atoms with Gasteiger partial charge in [0.05, 0.1) is 19.3 Å². The highest BCUT2D eigenvalue weighted by Crippen LogP contribution is 2.78. The maximum atomic E-state index is 14.4. The van der Waals surface area contributed by atoms with E-state index in [1.54, 1.807) is 20.8 Å². The Hall–Kier alpha value is -2.73. The first-order valence-electron chi connectivity index (χ1n) is 15.6. The summed E-state index contributed by atoms with van der Waals surface area (Å²) in [6.07, 6.45) is -1.68. The van der Waals surface area contributed by atoms with Crippen LogP contribution in [0.3, 0.4) is 0 Å². The number of fused-ring (bicyclic) bond motifs is 2. The number of carbonyl (C=O) groups is 1. The third-order valence-electron chi connectivity index (χ3n) is 11.0. The lowest BCUT2D eigenvalue weighted by atomic mass is 9.55. The standard InChI is InChI=1S/C36H44O9/c1-23(2)29-25(4)34(39)35(40,30(29)38)32(5)18-28(37)45-36(34)31(43-21-41-19-26-12-8-6-9-13-26)24(3)16-17-33(32,36)44-22-42-20-27-14-10-7-11-15-27/h6-15,24,28,31,37,39-40H,1,16-22H2,2-5H3/t24?,28?,31?,32?,33-,34?,35?,36?/m0/s1. The molecule has 2 aromatic rings. The first-order valence-corrected chi connectivity index (χ1v) is 15.6. The Balaban J connectivity index is 1.44. The van der Waals surface area contributed by atoms with Crippen LogP contribution in [0.25, 0.3) is 0 Å². The molecular formula is C36H44O9. The molecule has 0 radical (unpaired) electrons. The lowest BCUT2D eigenvalue weighted by Gasteiger charge is -2.63. The topological polar surface area (TPSA) is 124 Å². The van der Waals surface area contributed by atoms with E-state index >= 15 is 0 Å². The fourth-order valence-corrected chi connectivity index (χ4v) is 9.07. The van der Waals surface area contributed by atoms with Gasteiger partial charge in [0.2, 0.25) is 0 Å². The van der Waals surface area contributed by atoms with E-state index in [0.717, 1.165) is 11.1 Å². The molecule has 45 heavy (non-hydrogen) atoms. The van der Waals surface area contributed by atoms with E-state index in [-0.39, 0.29) is 50.3 Å². The second kappa shape index (κ2) is 11.5. The van der Waals surface area contributed by atoms with Crippen LogP contribution in [0, 0.1) is 11.3 Å². The largest absolute Gasteiger partial charge is 0.379 e. The zero-order chi connectivity index (χ0) is 32.3. The number of aliphatic hydroxyl groups excluding tert-OH is 1. The average Bonchev–Trinajstić information content (AvgIpc) is 3.21. The number of rotatable bonds is 11. The zero-order valence-corrected chi connectivity index (χ0v) is 26.5. The Morgan fingerprint density at radius 1 is 0.978 bits per heavy atom. The van der Waals surface area contributed by atoms with Gasteiger partial charge >= 0.3 is 0 Å². The summed E-state index contributed by atoms with van der Waals surface area (Å²) in [6, 6.07) is 19.3. The smallest absolute Gasteiger partial charge is 0.198 e. The number of carbonyl (C=O) groups excluding carboxylic acids is 1. The van der Waals surface area contributed by atoms with Crippen molar-refractivity contribution in [3.63, 3.8) is 0 Å². The number of allylic oxidation sites excluding steroid dienone is 1. The molecule has 1 saturated heterocycles. The number of hydrogen-bond acceptors (Lipinski definition) is 9. The molecule has 8 atom stereocenters. The summed E-state index contributed by atoms with van der Waals surface area (Å²) in [5.74, 6) is -0.908. The summed E-state index contributed by atoms with van der Waals surface area (Å²) < 4.78 is 31.7. The van der Waals surface area contributed by atoms with Crippen molar-refractivity contribution in [2.24, 2.45) is 11.3 Å². The first kappa shape index (κ1) is 32.2. The summed E-state index contributed by atoms with van der Waals surface area (Å²) in [5, 5.41) is 37.3. The number of Topliss-reactive ketones (excluding diaryl/α,β-unsaturated/α-hetero) is 1. The van der Waals surface area contributed by atoms with E-state index in [4.69, 9.17) is 23.7 Å². The summed E-state index contributed by atoms with van der Waals surface area (Å²) in [5.41, 5.74) is -7.02. The molecule has 0 aromatic heterocycles. The highest BCUT2D eigenvalue weighted by molar-refractivity contribution is 6.12. The highest BCUT2D eigenvalue weighted by atomic mass is 16.7. The van der Waals surface area contributed by atoms with E-state index < -0.39 is 46.0 Å². The second-order valence-corrected chi connectivity index (χ2v) is 13.4. The van der Waals surface area contributed by atoms with Gasteiger partial charge in [-0.3, -0.25) is 4.79 Å². The SMILES string of the molecule is C=C(C)C1=C(C)C2(O)C(O)(C1=O)C1(C)CC(O)OC23C(OCOCc2ccccc2)C(C)CC[C@]13OCOCc1ccccc1. The molecule has 1 aliphatic heterocycles. The van der Waals surface area contributed by atoms with Crippen molar-refractivity contribution in [1.82, 2.24) is 0 Å². The molecule has 7 unspecified atom stereocenters. The monoisotopic (exact) mass is 620 g/mol. The highest BCUT2D eigenvalue weighted by Gasteiger charge is 2.96. The van der Waals surface area contributed by atoms with Crippen molar-refractivity contribution >= 4 is 5.78 Å². The first-order chi connectivity index (χ1) is 21.4. The molecule has 2 aromatic carbocycles. The van der Waals surface area contributed by atoms with Crippen molar-refractivity contribution < 1.29 is 43.8 Å². The summed E-state index contributed by atoms with van der Waals surface area (Å²) in [7, 11) is 0. The van der Waals surface area contributed by atoms with Gasteiger partial charge in [0, 0.05) is 17.4 Å². The van der Waals surface area contributed by atoms with E-state index in [0.29, 0.717) is 18.4 Å². The minimum absolute atomic E-state index is 0.164. The Morgan fingerprint density at radius 3 is 2.13 bits per heavy atom. The van der Waals surface area contributed by atoms with Crippen molar-refractivity contribution in [1.29, 1.82) is 0 Å². The Kier molecular flexibility index (Phi) is 8.24. The normalized spacial score (nSPS) is 38.7. The van der Waals surface area contributed by atoms with Gasteiger partial charge in [0.15, 0.2) is 28.9 Å². The van der Waals surface area contributed by atoms with E-state index in [2.05, 4.69) is 6.58 Å². The Bertz CT molecular complexity index is 1480. The molecule has 4 aliphatic rings. The maximum Gasteiger partial charge on any atom is 0.198 e. The molecule has 9 nitrogen and oxygen atoms in total. The van der Waals surface area contributed by atoms with Gasteiger partial charge in [-0.1, -0.05) is 81.1 Å². The molecule has 1 heterocycles. The minimum atomic E-state index is -2.42. The second-order valence-electron chi connectivity index (χ2n) is 13.4. The predicted molar refractivity (Wildman–Crippen MR) is 164 cm³/mol. The lowest BCUT2D eigenvalue weighted by Crippen LogP contribution is -2.79. The van der Waals surface area contributed by atoms with Crippen LogP contribution in [0.15, 0.2) is 84.0 Å². The number of ether oxygens (including phenoxy) is 5. The van der Waals surface area contributed by atoms with Crippen LogP contribution in [-0.2, 0) is 41.7 Å². The van der Waals surface area contributed by atoms with E-state index in [1.807, 2.05) is 67.6 Å². The number of aliphatic hydroxyl groups is 3. The van der Waals surface area contributed by atoms with Crippen LogP contribution in [0.1, 0.15) is 58.1 Å². The third kappa shape index (κ3) is 4.19. The van der Waals surface area contributed by atoms with Gasteiger partial charge in [0.1, 0.15) is 19.2 Å². The lowest BCUT2D eigenvalue weighted by molar-refractivity contribution is -0.396. The van der Waals surface area contributed by atoms with Crippen molar-refractivity contribution in [2.75, 3.05) is 13.6 Å². The number of hydrogen-bond donors (Lipinski definition) is 3. The Morgan fingerprint density at radius 2 is 1.56 bits per heavy atom. The zero-order valence-electron chi connectivity index (χ0n) is 26.5. The van der Waals surface area contributed by atoms with Gasteiger partial charge in [-0.15, -0.1) is 0 Å². The molecule has 9 heteroatoms. The van der Waals surface area contributed by atoms with Gasteiger partial charge in [-0.2, -0.15) is 0 Å². The van der Waals surface area contributed by atoms with Crippen LogP contribution < -0.4 is 0 Å². The van der Waals surface area contributed by atoms with Crippen LogP contribution in [0.2, 0.25) is 0 Å². The molecule has 2 bridgehead atoms. The number of benzene rings is 2. The molecule has 242 valence electrons. The molecule has 0 amide bonds. The molecule has 0 spiro atoms. The van der Waals surface area contributed by atoms with E-state index in [1.165, 1.54) is 0 Å². The van der Waals surface area contributed by atoms with E-state index in [9.17, 15) is 20.1 Å². The number of ketones is 1. The predicted octanol–water partition coefficient (Wildman–Crippen LogP) is 4.34. The quantitative estimate of drug-likeness (QED) is 0.249. The minimum Gasteiger partial charge on any atom is -0.379 e. The van der Waals surface area contributed by atoms with Crippen molar-refractivity contribution in [3.8, 4) is 0 Å². The van der Waals surface area contributed by atoms with Crippen molar-refractivity contribution in [2.45, 2.75) is 95.0 Å². The van der Waals surface area contributed by atoms with Crippen molar-refractivity contribution in [3.05, 3.63) is 95.1 Å². The maximum absolute atomic E-state index is 14.4. The van der Waals surface area contributed by atoms with Crippen LogP contribution in [0.5, 0.6) is 0 Å². The molecule has 3 fully saturated rings. The summed E-state index contributed by atoms with van der Waals surface area (Å²) in [6.45, 7) is 11.1. The molecular weight excluding hydrogens is 576 g/mol. The van der Waals surface area contributed by atoms with Gasteiger partial charge in [0.25, 0.3) is 0 Å². The average molecular weight is 621 g/mol. The van der Waals surface area contributed by atoms with Gasteiger partial charge in [-0.05, 0) is 54.9 Å². The van der Waals surface area contributed by atoms with Crippen LogP contribution in [-0.4, -0.2) is 69.5 Å². The molecule has 3 N–H and O–H groups in total. The molecule has 3 aliphatic carbocycles. The summed E-state index contributed by atoms with van der Waals surface area (Å²) in [4.78, 5) is 14.4. The fraction of sp³-hybridized carbons (Fsp3) is 0.528. The van der Waals surface area contributed by atoms with Gasteiger partial charge in [-0.25, -0.2) is 0 Å². The fourth-order valence-electron chi connectivity index (χ4n) is 9.07. The summed E-state index contributed by atoms with van der Waals surface area (Å²) >= 11 is 0. The van der Waals surface area contributed by atoms with Crippen LogP contribution >= 0.6 is 0 Å². The Labute approximate surface area is 264 Å². The van der Waals surface area contributed by atoms with Gasteiger partial charge < -0.3 is 39.0 Å². The molecule has 2 saturated carbocycles. The molecule has 6 rings (SSSR count). The third-order valence-corrected chi connectivity index (χ3v) is 11.0. The van der Waals surface area contributed by atoms with Crippen LogP contribution in [0.4, 0.5) is 0 Å².